The van der Waals surface area contributed by atoms with Gasteiger partial charge in [-0.05, 0) is 67.0 Å². The molecule has 2 saturated carbocycles. The number of rotatable bonds is 8. The van der Waals surface area contributed by atoms with Crippen molar-refractivity contribution in [2.75, 3.05) is 18.5 Å². The van der Waals surface area contributed by atoms with E-state index < -0.39 is 17.8 Å². The van der Waals surface area contributed by atoms with Gasteiger partial charge in [-0.1, -0.05) is 39.4 Å². The van der Waals surface area contributed by atoms with Crippen LogP contribution in [-0.4, -0.2) is 57.1 Å². The average molecular weight is 699 g/mol. The molecule has 0 radical (unpaired) electrons. The molecular weight excluding hydrogens is 670 g/mol. The highest BCUT2D eigenvalue weighted by atomic mass is 79.9. The van der Waals surface area contributed by atoms with E-state index in [9.17, 15) is 29.1 Å². The zero-order chi connectivity index (χ0) is 30.9. The molecule has 3 heterocycles. The van der Waals surface area contributed by atoms with E-state index in [-0.39, 0.29) is 71.1 Å². The zero-order valence-corrected chi connectivity index (χ0v) is 26.7. The molecule has 13 heteroatoms. The SMILES string of the molecule is Cc1cccc(NC(=O)COc2ccc(Br)cc2[C@H]2c3sc(=O)[nH]c3SC3C4CC(C5C(=O)N(CCC(=O)O)C(=O)C45)C32)c1. The van der Waals surface area contributed by atoms with Crippen LogP contribution in [0.2, 0.25) is 0 Å². The number of aryl methyl sites for hydroxylation is 1. The molecule has 3 fully saturated rings. The number of anilines is 1. The van der Waals surface area contributed by atoms with E-state index in [0.717, 1.165) is 41.7 Å². The molecule has 0 spiro atoms. The molecule has 1 saturated heterocycles. The fourth-order valence-corrected chi connectivity index (χ4v) is 11.1. The second-order valence-electron chi connectivity index (χ2n) is 11.8. The highest BCUT2D eigenvalue weighted by molar-refractivity contribution is 9.10. The van der Waals surface area contributed by atoms with Crippen molar-refractivity contribution in [1.29, 1.82) is 0 Å². The summed E-state index contributed by atoms with van der Waals surface area (Å²) in [4.78, 5) is 68.6. The lowest BCUT2D eigenvalue weighted by Crippen LogP contribution is -2.42. The van der Waals surface area contributed by atoms with E-state index >= 15 is 0 Å². The fourth-order valence-electron chi connectivity index (χ4n) is 7.81. The topological polar surface area (TPSA) is 146 Å². The molecule has 2 aliphatic carbocycles. The molecule has 3 amide bonds. The lowest BCUT2D eigenvalue weighted by atomic mass is 9.68. The van der Waals surface area contributed by atoms with Crippen molar-refractivity contribution in [2.45, 2.75) is 36.0 Å². The maximum atomic E-state index is 13.6. The van der Waals surface area contributed by atoms with Crippen LogP contribution < -0.4 is 14.9 Å². The number of halogens is 1. The Morgan fingerprint density at radius 1 is 1.11 bits per heavy atom. The number of likely N-dealkylation sites (tertiary alicyclic amines) is 1. The molecule has 6 unspecified atom stereocenters. The van der Waals surface area contributed by atoms with Gasteiger partial charge in [0, 0.05) is 38.3 Å². The van der Waals surface area contributed by atoms with E-state index in [2.05, 4.69) is 26.2 Å². The van der Waals surface area contributed by atoms with Crippen molar-refractivity contribution < 1.29 is 29.0 Å². The minimum absolute atomic E-state index is 0.0309. The number of nitrogens with one attached hydrogen (secondary N) is 2. The van der Waals surface area contributed by atoms with Crippen molar-refractivity contribution >= 4 is 68.4 Å². The third-order valence-electron chi connectivity index (χ3n) is 9.33. The number of thiazole rings is 1. The third-order valence-corrected chi connectivity index (χ3v) is 12.4. The zero-order valence-electron chi connectivity index (χ0n) is 23.4. The van der Waals surface area contributed by atoms with Gasteiger partial charge >= 0.3 is 10.8 Å². The van der Waals surface area contributed by atoms with Crippen molar-refractivity contribution in [1.82, 2.24) is 9.88 Å². The minimum atomic E-state index is -1.06. The van der Waals surface area contributed by atoms with Crippen molar-refractivity contribution in [2.24, 2.45) is 29.6 Å². The summed E-state index contributed by atoms with van der Waals surface area (Å²) in [5.41, 5.74) is 2.50. The molecule has 1 aromatic heterocycles. The Balaban J connectivity index is 1.22. The van der Waals surface area contributed by atoms with E-state index in [1.54, 1.807) is 17.8 Å². The molecule has 44 heavy (non-hydrogen) atoms. The van der Waals surface area contributed by atoms with Crippen LogP contribution in [-0.2, 0) is 19.2 Å². The first-order valence-electron chi connectivity index (χ1n) is 14.4. The molecule has 10 nitrogen and oxygen atoms in total. The van der Waals surface area contributed by atoms with Crippen molar-refractivity contribution in [3.8, 4) is 5.75 Å². The molecule has 2 aliphatic heterocycles. The summed E-state index contributed by atoms with van der Waals surface area (Å²) in [5, 5.41) is 12.8. The van der Waals surface area contributed by atoms with Crippen LogP contribution in [0.4, 0.5) is 5.69 Å². The Bertz CT molecular complexity index is 1770. The number of aromatic amines is 1. The molecule has 2 aromatic carbocycles. The predicted octanol–water partition coefficient (Wildman–Crippen LogP) is 4.47. The molecule has 7 atom stereocenters. The summed E-state index contributed by atoms with van der Waals surface area (Å²) in [6.45, 7) is 1.59. The van der Waals surface area contributed by atoms with Gasteiger partial charge in [-0.15, -0.1) is 11.8 Å². The minimum Gasteiger partial charge on any atom is -0.483 e. The largest absolute Gasteiger partial charge is 0.483 e. The molecule has 7 rings (SSSR count). The quantitative estimate of drug-likeness (QED) is 0.292. The summed E-state index contributed by atoms with van der Waals surface area (Å²) in [6.07, 6.45) is 0.423. The predicted molar refractivity (Wildman–Crippen MR) is 167 cm³/mol. The number of H-pyrrole nitrogens is 1. The van der Waals surface area contributed by atoms with E-state index in [4.69, 9.17) is 4.74 Å². The van der Waals surface area contributed by atoms with Crippen LogP contribution in [0.25, 0.3) is 0 Å². The number of ether oxygens (including phenoxy) is 1. The first kappa shape index (κ1) is 29.3. The van der Waals surface area contributed by atoms with Gasteiger partial charge in [0.2, 0.25) is 11.8 Å². The normalized spacial score (nSPS) is 28.0. The number of carbonyl (C=O) groups is 4. The van der Waals surface area contributed by atoms with Crippen molar-refractivity contribution in [3.63, 3.8) is 0 Å². The first-order chi connectivity index (χ1) is 21.1. The number of carboxylic acid groups (broad SMARTS) is 1. The Morgan fingerprint density at radius 2 is 1.89 bits per heavy atom. The number of aliphatic carboxylic acids is 1. The molecule has 228 valence electrons. The van der Waals surface area contributed by atoms with E-state index in [1.165, 1.54) is 0 Å². The Kier molecular flexibility index (Phi) is 7.45. The van der Waals surface area contributed by atoms with Crippen LogP contribution in [0, 0.1) is 36.5 Å². The molecule has 4 aliphatic rings. The second kappa shape index (κ2) is 11.2. The molecule has 3 N–H and O–H groups in total. The number of carboxylic acids is 1. The number of hydrogen-bond acceptors (Lipinski definition) is 8. The van der Waals surface area contributed by atoms with Crippen LogP contribution >= 0.6 is 39.0 Å². The maximum absolute atomic E-state index is 13.6. The second-order valence-corrected chi connectivity index (χ2v) is 14.9. The van der Waals surface area contributed by atoms with Gasteiger partial charge in [0.1, 0.15) is 5.75 Å². The number of hydrogen-bond donors (Lipinski definition) is 3. The number of thioether (sulfide) groups is 1. The molecular formula is C31H28BrN3O7S2. The number of fused-ring (bicyclic) bond motifs is 9. The summed E-state index contributed by atoms with van der Waals surface area (Å²) in [7, 11) is 0. The van der Waals surface area contributed by atoms with Crippen molar-refractivity contribution in [3.05, 3.63) is 72.6 Å². The summed E-state index contributed by atoms with van der Waals surface area (Å²) >= 11 is 6.31. The Labute approximate surface area is 268 Å². The summed E-state index contributed by atoms with van der Waals surface area (Å²) in [6, 6.07) is 13.1. The molecule has 2 bridgehead atoms. The summed E-state index contributed by atoms with van der Waals surface area (Å²) in [5.74, 6) is -3.01. The highest BCUT2D eigenvalue weighted by Gasteiger charge is 2.69. The fraction of sp³-hybridized carbons (Fsp3) is 0.387. The van der Waals surface area contributed by atoms with Gasteiger partial charge in [-0.25, -0.2) is 0 Å². The Morgan fingerprint density at radius 3 is 2.64 bits per heavy atom. The van der Waals surface area contributed by atoms with Gasteiger partial charge in [-0.3, -0.25) is 28.9 Å². The van der Waals surface area contributed by atoms with Gasteiger partial charge in [-0.2, -0.15) is 0 Å². The van der Waals surface area contributed by atoms with E-state index in [1.807, 2.05) is 43.3 Å². The smallest absolute Gasteiger partial charge is 0.305 e. The van der Waals surface area contributed by atoms with Gasteiger partial charge in [0.05, 0.1) is 23.3 Å². The first-order valence-corrected chi connectivity index (χ1v) is 16.8. The van der Waals surface area contributed by atoms with Gasteiger partial charge < -0.3 is 20.1 Å². The Hall–Kier alpha value is -3.42. The lowest BCUT2D eigenvalue weighted by molar-refractivity contribution is -0.142. The van der Waals surface area contributed by atoms with E-state index in [0.29, 0.717) is 17.9 Å². The van der Waals surface area contributed by atoms with Crippen LogP contribution in [0.1, 0.15) is 34.8 Å². The number of carbonyl (C=O) groups excluding carboxylic acids is 3. The number of nitrogens with zero attached hydrogens (tertiary/aromatic N) is 1. The summed E-state index contributed by atoms with van der Waals surface area (Å²) < 4.78 is 6.95. The number of imide groups is 1. The van der Waals surface area contributed by atoms with Crippen LogP contribution in [0.3, 0.4) is 0 Å². The molecule has 3 aromatic rings. The van der Waals surface area contributed by atoms with Crippen LogP contribution in [0.15, 0.2) is 56.8 Å². The monoisotopic (exact) mass is 697 g/mol. The maximum Gasteiger partial charge on any atom is 0.305 e. The van der Waals surface area contributed by atoms with Gasteiger partial charge in [0.25, 0.3) is 5.91 Å². The average Bonchev–Trinajstić information content (AvgIpc) is 3.70. The number of amides is 3. The number of aromatic nitrogens is 1. The van der Waals surface area contributed by atoms with Gasteiger partial charge in [0.15, 0.2) is 6.61 Å². The number of benzene rings is 2. The lowest BCUT2D eigenvalue weighted by Gasteiger charge is -2.43. The van der Waals surface area contributed by atoms with Crippen LogP contribution in [0.5, 0.6) is 5.75 Å². The standard InChI is InChI=1S/C31H28BrN3O7S2/c1-13-3-2-4-15(9-13)33-20(36)12-42-19-6-5-14(32)10-16(19)22-23-17-11-18(26(23)43-28-27(22)44-31(41)34-28)25-24(17)29(39)35(30(25)40)8-7-21(37)38/h2-6,9-10,17-18,22-26H,7-8,11-12H2,1H3,(H,33,36)(H,34,41)(H,37,38)/t17?,18?,22-,23?,24?,25?,26?/m1/s1. The third kappa shape index (κ3) is 4.89. The highest BCUT2D eigenvalue weighted by Crippen LogP contribution is 2.69.